The van der Waals surface area contributed by atoms with E-state index in [1.165, 1.54) is 28.4 Å². The molecule has 0 aliphatic heterocycles. The van der Waals surface area contributed by atoms with E-state index < -0.39 is 22.9 Å². The topological polar surface area (TPSA) is 84.5 Å². The molecule has 1 aromatic rings. The molecule has 6 heteroatoms. The summed E-state index contributed by atoms with van der Waals surface area (Å²) in [6, 6.07) is 12.0. The molecule has 1 atom stereocenters. The minimum atomic E-state index is -1.67. The molecule has 0 unspecified atom stereocenters. The van der Waals surface area contributed by atoms with Crippen LogP contribution in [-0.2, 0) is 18.9 Å². The van der Waals surface area contributed by atoms with Crippen LogP contribution in [0.1, 0.15) is 11.1 Å². The molecule has 1 aromatic carbocycles. The van der Waals surface area contributed by atoms with Crippen molar-refractivity contribution < 1.29 is 18.9 Å². The smallest absolute Gasteiger partial charge is 0.257 e. The van der Waals surface area contributed by atoms with E-state index in [-0.39, 0.29) is 0 Å². The van der Waals surface area contributed by atoms with Gasteiger partial charge in [-0.05, 0) is 12.5 Å². The minimum Gasteiger partial charge on any atom is -0.348 e. The number of hydrogen-bond donors (Lipinski definition) is 0. The van der Waals surface area contributed by atoms with Crippen molar-refractivity contribution in [2.24, 2.45) is 11.3 Å². The highest BCUT2D eigenvalue weighted by atomic mass is 16.8. The molecule has 2 rings (SSSR count). The van der Waals surface area contributed by atoms with Crippen LogP contribution in [0.4, 0.5) is 0 Å². The van der Waals surface area contributed by atoms with Gasteiger partial charge in [0.05, 0.1) is 18.1 Å². The first-order valence-electron chi connectivity index (χ1n) is 7.75. The lowest BCUT2D eigenvalue weighted by Gasteiger charge is -2.64. The van der Waals surface area contributed by atoms with Gasteiger partial charge in [-0.25, -0.2) is 0 Å². The highest BCUT2D eigenvalue weighted by Gasteiger charge is 2.85. The molecule has 132 valence electrons. The molecule has 1 fully saturated rings. The van der Waals surface area contributed by atoms with Gasteiger partial charge >= 0.3 is 0 Å². The highest BCUT2D eigenvalue weighted by molar-refractivity contribution is 5.53. The quantitative estimate of drug-likeness (QED) is 0.739. The monoisotopic (exact) mass is 342 g/mol. The van der Waals surface area contributed by atoms with Crippen molar-refractivity contribution in [2.45, 2.75) is 18.5 Å². The van der Waals surface area contributed by atoms with E-state index in [0.29, 0.717) is 0 Å². The molecule has 1 saturated carbocycles. The Morgan fingerprint density at radius 3 is 1.84 bits per heavy atom. The van der Waals surface area contributed by atoms with E-state index in [9.17, 15) is 10.5 Å². The zero-order valence-corrected chi connectivity index (χ0v) is 15.1. The molecule has 6 nitrogen and oxygen atoms in total. The predicted octanol–water partition coefficient (Wildman–Crippen LogP) is 2.65. The van der Waals surface area contributed by atoms with Gasteiger partial charge in [-0.1, -0.05) is 42.0 Å². The van der Waals surface area contributed by atoms with E-state index in [1.807, 2.05) is 37.3 Å². The van der Waals surface area contributed by atoms with Gasteiger partial charge in [-0.15, -0.1) is 0 Å². The van der Waals surface area contributed by atoms with Crippen molar-refractivity contribution in [1.82, 2.24) is 0 Å². The summed E-state index contributed by atoms with van der Waals surface area (Å²) in [5, 5.41) is 19.6. The van der Waals surface area contributed by atoms with Crippen molar-refractivity contribution in [1.29, 1.82) is 10.5 Å². The van der Waals surface area contributed by atoms with Crippen LogP contribution in [0.2, 0.25) is 0 Å². The van der Waals surface area contributed by atoms with Crippen LogP contribution in [0.5, 0.6) is 0 Å². The maximum Gasteiger partial charge on any atom is 0.257 e. The molecule has 1 aliphatic rings. The Kier molecular flexibility index (Phi) is 5.31. The average Bonchev–Trinajstić information content (AvgIpc) is 2.64. The molecule has 0 bridgehead atoms. The number of nitriles is 2. The van der Waals surface area contributed by atoms with E-state index in [4.69, 9.17) is 18.9 Å². The summed E-state index contributed by atoms with van der Waals surface area (Å²) < 4.78 is 22.1. The normalized spacial score (nSPS) is 22.8. The van der Waals surface area contributed by atoms with Crippen molar-refractivity contribution in [3.63, 3.8) is 0 Å². The summed E-state index contributed by atoms with van der Waals surface area (Å²) in [6.07, 6.45) is 3.57. The minimum absolute atomic E-state index is 0.716. The molecule has 0 spiro atoms. The first-order valence-corrected chi connectivity index (χ1v) is 7.75. The zero-order valence-electron chi connectivity index (χ0n) is 15.1. The standard InChI is InChI=1S/C19H22N2O4/c1-14-6-8-15(9-7-14)10-11-16-17(12-20,13-21)19(24-4,25-5)18(16,22-2)23-3/h6-11,16H,1-5H3/t16-/m0/s1. The molecule has 0 saturated heterocycles. The fourth-order valence-corrected chi connectivity index (χ4v) is 3.65. The molecule has 25 heavy (non-hydrogen) atoms. The molecular formula is C19H22N2O4. The number of hydrogen-bond acceptors (Lipinski definition) is 6. The van der Waals surface area contributed by atoms with Crippen LogP contribution >= 0.6 is 0 Å². The van der Waals surface area contributed by atoms with Gasteiger partial charge in [0.1, 0.15) is 0 Å². The fraction of sp³-hybridized carbons (Fsp3) is 0.474. The lowest BCUT2D eigenvalue weighted by molar-refractivity contribution is -0.489. The number of methoxy groups -OCH3 is 4. The van der Waals surface area contributed by atoms with Crippen LogP contribution in [0, 0.1) is 40.9 Å². The van der Waals surface area contributed by atoms with Crippen LogP contribution in [-0.4, -0.2) is 40.0 Å². The van der Waals surface area contributed by atoms with Gasteiger partial charge in [-0.2, -0.15) is 10.5 Å². The molecule has 1 aliphatic carbocycles. The van der Waals surface area contributed by atoms with E-state index in [1.54, 1.807) is 6.08 Å². The lowest BCUT2D eigenvalue weighted by atomic mass is 9.51. The first kappa shape index (κ1) is 19.1. The Labute approximate surface area is 148 Å². The van der Waals surface area contributed by atoms with E-state index in [2.05, 4.69) is 12.1 Å². The summed E-state index contributed by atoms with van der Waals surface area (Å²) in [7, 11) is 5.59. The van der Waals surface area contributed by atoms with Crippen LogP contribution in [0.25, 0.3) is 6.08 Å². The Balaban J connectivity index is 2.55. The largest absolute Gasteiger partial charge is 0.348 e. The summed E-state index contributed by atoms with van der Waals surface area (Å²) in [6.45, 7) is 2.00. The Hall–Kier alpha value is -2.22. The van der Waals surface area contributed by atoms with Gasteiger partial charge in [0, 0.05) is 28.4 Å². The van der Waals surface area contributed by atoms with Crippen LogP contribution in [0.3, 0.4) is 0 Å². The predicted molar refractivity (Wildman–Crippen MR) is 90.9 cm³/mol. The lowest BCUT2D eigenvalue weighted by Crippen LogP contribution is -2.83. The number of ether oxygens (including phenoxy) is 4. The Bertz CT molecular complexity index is 705. The van der Waals surface area contributed by atoms with Gasteiger partial charge in [0.25, 0.3) is 5.79 Å². The maximum absolute atomic E-state index is 9.78. The summed E-state index contributed by atoms with van der Waals surface area (Å²) in [5.41, 5.74) is 0.456. The Morgan fingerprint density at radius 2 is 1.44 bits per heavy atom. The summed E-state index contributed by atoms with van der Waals surface area (Å²) in [4.78, 5) is 0. The second-order valence-electron chi connectivity index (χ2n) is 5.88. The van der Waals surface area contributed by atoms with Crippen LogP contribution in [0.15, 0.2) is 30.3 Å². The van der Waals surface area contributed by atoms with Crippen molar-refractivity contribution in [3.05, 3.63) is 41.5 Å². The number of rotatable bonds is 6. The van der Waals surface area contributed by atoms with E-state index in [0.717, 1.165) is 11.1 Å². The Morgan fingerprint density at radius 1 is 0.920 bits per heavy atom. The van der Waals surface area contributed by atoms with E-state index >= 15 is 0 Å². The molecule has 0 radical (unpaired) electrons. The molecule has 0 amide bonds. The molecule has 0 aromatic heterocycles. The third kappa shape index (κ3) is 2.31. The highest BCUT2D eigenvalue weighted by Crippen LogP contribution is 2.65. The van der Waals surface area contributed by atoms with Crippen molar-refractivity contribution in [3.8, 4) is 12.1 Å². The zero-order chi connectivity index (χ0) is 18.7. The third-order valence-corrected chi connectivity index (χ3v) is 4.95. The average molecular weight is 342 g/mol. The van der Waals surface area contributed by atoms with Crippen molar-refractivity contribution >= 4 is 6.08 Å². The maximum atomic E-state index is 9.78. The molecular weight excluding hydrogens is 320 g/mol. The second-order valence-corrected chi connectivity index (χ2v) is 5.88. The molecule has 0 N–H and O–H groups in total. The number of nitrogens with zero attached hydrogens (tertiary/aromatic N) is 2. The van der Waals surface area contributed by atoms with Gasteiger partial charge < -0.3 is 18.9 Å². The van der Waals surface area contributed by atoms with Gasteiger partial charge in [-0.3, -0.25) is 0 Å². The van der Waals surface area contributed by atoms with Crippen LogP contribution < -0.4 is 0 Å². The number of benzene rings is 1. The van der Waals surface area contributed by atoms with Gasteiger partial charge in [0.15, 0.2) is 0 Å². The van der Waals surface area contributed by atoms with Crippen molar-refractivity contribution in [2.75, 3.05) is 28.4 Å². The second kappa shape index (κ2) is 6.95. The molecule has 0 heterocycles. The SMILES string of the molecule is COC1(OC)[C@@H](C=Cc2ccc(C)cc2)C(C#N)(C#N)C1(OC)OC. The summed E-state index contributed by atoms with van der Waals surface area (Å²) >= 11 is 0. The number of aryl methyl sites for hydroxylation is 1. The summed E-state index contributed by atoms with van der Waals surface area (Å²) in [5.74, 6) is -3.82. The first-order chi connectivity index (χ1) is 12.0. The van der Waals surface area contributed by atoms with Gasteiger partial charge in [0.2, 0.25) is 11.2 Å². The fourth-order valence-electron chi connectivity index (χ4n) is 3.65. The third-order valence-electron chi connectivity index (χ3n) is 4.95.